The smallest absolute Gasteiger partial charge is 0.120 e. The largest absolute Gasteiger partial charge is 0.508 e. The summed E-state index contributed by atoms with van der Waals surface area (Å²) in [5.74, 6) is 0.353. The molecule has 1 heterocycles. The number of nitrogens with one attached hydrogen (secondary N) is 1. The molecule has 0 fully saturated rings. The lowest BCUT2D eigenvalue weighted by molar-refractivity contribution is 0.464. The lowest BCUT2D eigenvalue weighted by Crippen LogP contribution is -2.12. The van der Waals surface area contributed by atoms with E-state index in [0.29, 0.717) is 12.3 Å². The number of phenols is 1. The van der Waals surface area contributed by atoms with Crippen molar-refractivity contribution >= 4 is 0 Å². The van der Waals surface area contributed by atoms with Crippen LogP contribution in [0.1, 0.15) is 18.1 Å². The third-order valence-corrected chi connectivity index (χ3v) is 2.81. The summed E-state index contributed by atoms with van der Waals surface area (Å²) in [6.07, 6.45) is 4.22. The average molecular weight is 230 g/mol. The van der Waals surface area contributed by atoms with Crippen molar-refractivity contribution in [1.29, 1.82) is 0 Å². The molecule has 0 spiro atoms. The van der Waals surface area contributed by atoms with Crippen LogP contribution in [0, 0.1) is 0 Å². The van der Waals surface area contributed by atoms with Crippen molar-refractivity contribution in [1.82, 2.24) is 9.88 Å². The molecule has 0 atom stereocenters. The molecule has 3 heteroatoms. The van der Waals surface area contributed by atoms with Gasteiger partial charge in [-0.2, -0.15) is 0 Å². The highest BCUT2D eigenvalue weighted by molar-refractivity contribution is 5.31. The molecular weight excluding hydrogens is 212 g/mol. The molecule has 2 N–H and O–H groups in total. The first-order valence-electron chi connectivity index (χ1n) is 5.92. The molecule has 0 radical (unpaired) electrons. The van der Waals surface area contributed by atoms with Crippen LogP contribution in [0.15, 0.2) is 42.7 Å². The fraction of sp³-hybridized carbons (Fsp3) is 0.286. The number of nitrogens with zero attached hydrogens (tertiary/aromatic N) is 1. The molecule has 0 bridgehead atoms. The van der Waals surface area contributed by atoms with Crippen LogP contribution in [0.5, 0.6) is 5.75 Å². The molecule has 90 valence electrons. The Hall–Kier alpha value is -1.74. The summed E-state index contributed by atoms with van der Waals surface area (Å²) in [6, 6.07) is 9.52. The zero-order valence-corrected chi connectivity index (χ0v) is 10.1. The molecule has 2 rings (SSSR count). The van der Waals surface area contributed by atoms with Gasteiger partial charge in [0.05, 0.1) is 0 Å². The Morgan fingerprint density at radius 2 is 2.00 bits per heavy atom. The summed E-state index contributed by atoms with van der Waals surface area (Å²) < 4.78 is 2.15. The number of para-hydroxylation sites is 1. The molecule has 0 aliphatic rings. The summed E-state index contributed by atoms with van der Waals surface area (Å²) in [7, 11) is 0. The van der Waals surface area contributed by atoms with E-state index in [1.54, 1.807) is 6.07 Å². The minimum Gasteiger partial charge on any atom is -0.508 e. The number of aryl methyl sites for hydroxylation is 1. The van der Waals surface area contributed by atoms with Crippen LogP contribution >= 0.6 is 0 Å². The second kappa shape index (κ2) is 5.55. The van der Waals surface area contributed by atoms with Crippen molar-refractivity contribution in [2.24, 2.45) is 0 Å². The first kappa shape index (κ1) is 11.7. The van der Waals surface area contributed by atoms with Gasteiger partial charge in [0.2, 0.25) is 0 Å². The van der Waals surface area contributed by atoms with E-state index in [0.717, 1.165) is 18.7 Å². The maximum absolute atomic E-state index is 9.61. The third-order valence-electron chi connectivity index (χ3n) is 2.81. The van der Waals surface area contributed by atoms with Gasteiger partial charge in [0.1, 0.15) is 5.75 Å². The maximum atomic E-state index is 9.61. The summed E-state index contributed by atoms with van der Waals surface area (Å²) >= 11 is 0. The molecule has 0 aliphatic carbocycles. The van der Waals surface area contributed by atoms with Crippen molar-refractivity contribution in [3.8, 4) is 5.75 Å². The zero-order chi connectivity index (χ0) is 12.1. The van der Waals surface area contributed by atoms with E-state index >= 15 is 0 Å². The molecule has 0 unspecified atom stereocenters. The van der Waals surface area contributed by atoms with E-state index in [-0.39, 0.29) is 0 Å². The topological polar surface area (TPSA) is 37.2 Å². The van der Waals surface area contributed by atoms with Crippen molar-refractivity contribution in [2.75, 3.05) is 0 Å². The van der Waals surface area contributed by atoms with Crippen molar-refractivity contribution in [3.05, 3.63) is 53.9 Å². The van der Waals surface area contributed by atoms with Crippen molar-refractivity contribution < 1.29 is 5.11 Å². The summed E-state index contributed by atoms with van der Waals surface area (Å²) in [4.78, 5) is 0. The minimum absolute atomic E-state index is 0.353. The van der Waals surface area contributed by atoms with Gasteiger partial charge in [-0.3, -0.25) is 0 Å². The van der Waals surface area contributed by atoms with Gasteiger partial charge in [-0.05, 0) is 24.6 Å². The Morgan fingerprint density at radius 3 is 2.71 bits per heavy atom. The van der Waals surface area contributed by atoms with Crippen LogP contribution in [0.25, 0.3) is 0 Å². The van der Waals surface area contributed by atoms with Crippen LogP contribution in [0.3, 0.4) is 0 Å². The third kappa shape index (κ3) is 3.11. The maximum Gasteiger partial charge on any atom is 0.120 e. The number of hydrogen-bond donors (Lipinski definition) is 2. The molecular formula is C14H18N2O. The molecule has 0 amide bonds. The first-order valence-corrected chi connectivity index (χ1v) is 5.92. The summed E-state index contributed by atoms with van der Waals surface area (Å²) in [6.45, 7) is 4.63. The lowest BCUT2D eigenvalue weighted by atomic mass is 10.2. The van der Waals surface area contributed by atoms with E-state index in [4.69, 9.17) is 0 Å². The van der Waals surface area contributed by atoms with Crippen LogP contribution in [0.4, 0.5) is 0 Å². The molecule has 0 saturated heterocycles. The van der Waals surface area contributed by atoms with E-state index in [9.17, 15) is 5.11 Å². The van der Waals surface area contributed by atoms with Crippen molar-refractivity contribution in [2.45, 2.75) is 26.6 Å². The van der Waals surface area contributed by atoms with Gasteiger partial charge in [-0.25, -0.2) is 0 Å². The molecule has 2 aromatic rings. The highest BCUT2D eigenvalue weighted by atomic mass is 16.3. The molecule has 1 aromatic carbocycles. The first-order chi connectivity index (χ1) is 8.29. The number of aromatic hydroxyl groups is 1. The van der Waals surface area contributed by atoms with E-state index in [1.165, 1.54) is 5.56 Å². The predicted molar refractivity (Wildman–Crippen MR) is 68.8 cm³/mol. The molecule has 3 nitrogen and oxygen atoms in total. The molecule has 0 saturated carbocycles. The van der Waals surface area contributed by atoms with Gasteiger partial charge in [0, 0.05) is 37.6 Å². The number of hydrogen-bond acceptors (Lipinski definition) is 2. The number of benzene rings is 1. The van der Waals surface area contributed by atoms with Gasteiger partial charge in [-0.1, -0.05) is 18.2 Å². The quantitative estimate of drug-likeness (QED) is 0.828. The number of aromatic nitrogens is 1. The van der Waals surface area contributed by atoms with Gasteiger partial charge in [0.15, 0.2) is 0 Å². The standard InChI is InChI=1S/C14H18N2O/c1-2-16-8-7-12(11-16)9-15-10-13-5-3-4-6-14(13)17/h3-8,11,15,17H,2,9-10H2,1H3. The van der Waals surface area contributed by atoms with Crippen molar-refractivity contribution in [3.63, 3.8) is 0 Å². The number of phenolic OH excluding ortho intramolecular Hbond substituents is 1. The Balaban J connectivity index is 1.85. The molecule has 1 aromatic heterocycles. The van der Waals surface area contributed by atoms with Crippen LogP contribution in [-0.2, 0) is 19.6 Å². The van der Waals surface area contributed by atoms with Crippen LogP contribution in [-0.4, -0.2) is 9.67 Å². The van der Waals surface area contributed by atoms with Gasteiger partial charge in [-0.15, -0.1) is 0 Å². The van der Waals surface area contributed by atoms with Crippen LogP contribution in [0.2, 0.25) is 0 Å². The highest BCUT2D eigenvalue weighted by Gasteiger charge is 1.99. The van der Waals surface area contributed by atoms with Gasteiger partial charge < -0.3 is 15.0 Å². The Morgan fingerprint density at radius 1 is 1.18 bits per heavy atom. The zero-order valence-electron chi connectivity index (χ0n) is 10.1. The summed E-state index contributed by atoms with van der Waals surface area (Å²) in [5.41, 5.74) is 2.20. The van der Waals surface area contributed by atoms with Crippen LogP contribution < -0.4 is 5.32 Å². The minimum atomic E-state index is 0.353. The lowest BCUT2D eigenvalue weighted by Gasteiger charge is -2.05. The number of rotatable bonds is 5. The molecule has 0 aliphatic heterocycles. The highest BCUT2D eigenvalue weighted by Crippen LogP contribution is 2.15. The van der Waals surface area contributed by atoms with E-state index in [1.807, 2.05) is 18.2 Å². The Bertz CT molecular complexity index is 477. The fourth-order valence-corrected chi connectivity index (χ4v) is 1.79. The fourth-order valence-electron chi connectivity index (χ4n) is 1.79. The summed E-state index contributed by atoms with van der Waals surface area (Å²) in [5, 5.41) is 12.9. The monoisotopic (exact) mass is 230 g/mol. The Kier molecular flexibility index (Phi) is 3.83. The Labute approximate surface area is 102 Å². The normalized spacial score (nSPS) is 10.6. The molecule has 17 heavy (non-hydrogen) atoms. The second-order valence-corrected chi connectivity index (χ2v) is 4.08. The average Bonchev–Trinajstić information content (AvgIpc) is 2.80. The van der Waals surface area contributed by atoms with E-state index < -0.39 is 0 Å². The SMILES string of the molecule is CCn1ccc(CNCc2ccccc2O)c1. The van der Waals surface area contributed by atoms with Gasteiger partial charge in [0.25, 0.3) is 0 Å². The predicted octanol–water partition coefficient (Wildman–Crippen LogP) is 2.50. The van der Waals surface area contributed by atoms with E-state index in [2.05, 4.69) is 35.3 Å². The van der Waals surface area contributed by atoms with Gasteiger partial charge >= 0.3 is 0 Å². The second-order valence-electron chi connectivity index (χ2n) is 4.08.